The van der Waals surface area contributed by atoms with E-state index in [0.29, 0.717) is 11.5 Å². The second-order valence-corrected chi connectivity index (χ2v) is 7.97. The number of hydrogen-bond donors (Lipinski definition) is 1. The van der Waals surface area contributed by atoms with E-state index in [1.54, 1.807) is 6.20 Å². The van der Waals surface area contributed by atoms with E-state index in [0.717, 1.165) is 42.4 Å². The molecule has 1 atom stereocenters. The van der Waals surface area contributed by atoms with Crippen LogP contribution in [0.25, 0.3) is 10.9 Å². The lowest BCUT2D eigenvalue weighted by Gasteiger charge is -2.22. The minimum absolute atomic E-state index is 0.242. The lowest BCUT2D eigenvalue weighted by molar-refractivity contribution is 0.453. The van der Waals surface area contributed by atoms with Crippen molar-refractivity contribution >= 4 is 20.7 Å². The van der Waals surface area contributed by atoms with Crippen molar-refractivity contribution < 1.29 is 8.42 Å². The van der Waals surface area contributed by atoms with Gasteiger partial charge in [0.05, 0.1) is 17.0 Å². The highest BCUT2D eigenvalue weighted by atomic mass is 32.2. The van der Waals surface area contributed by atoms with Crippen molar-refractivity contribution in [3.05, 3.63) is 42.1 Å². The van der Waals surface area contributed by atoms with Crippen molar-refractivity contribution in [1.82, 2.24) is 10.3 Å². The van der Waals surface area contributed by atoms with E-state index in [-0.39, 0.29) is 5.92 Å². The molecule has 2 aromatic rings. The topological polar surface area (TPSA) is 59.1 Å². The first-order chi connectivity index (χ1) is 10.1. The molecule has 0 bridgehead atoms. The molecule has 0 spiro atoms. The Morgan fingerprint density at radius 3 is 2.95 bits per heavy atom. The summed E-state index contributed by atoms with van der Waals surface area (Å²) in [4.78, 5) is 4.43. The lowest BCUT2D eigenvalue weighted by Crippen LogP contribution is -2.32. The second kappa shape index (κ2) is 6.12. The fourth-order valence-corrected chi connectivity index (χ4v) is 4.78. The fourth-order valence-electron chi connectivity index (χ4n) is 3.00. The first kappa shape index (κ1) is 14.5. The van der Waals surface area contributed by atoms with Gasteiger partial charge in [0.15, 0.2) is 9.84 Å². The fraction of sp³-hybridized carbons (Fsp3) is 0.438. The van der Waals surface area contributed by atoms with E-state index >= 15 is 0 Å². The molecule has 0 radical (unpaired) electrons. The Bertz CT molecular complexity index is 723. The molecule has 1 N–H and O–H groups in total. The van der Waals surface area contributed by atoms with E-state index in [2.05, 4.69) is 28.5 Å². The van der Waals surface area contributed by atoms with Crippen molar-refractivity contribution in [1.29, 1.82) is 0 Å². The molecule has 1 aromatic carbocycles. The Morgan fingerprint density at radius 1 is 1.24 bits per heavy atom. The van der Waals surface area contributed by atoms with E-state index in [1.165, 1.54) is 0 Å². The first-order valence-electron chi connectivity index (χ1n) is 7.38. The van der Waals surface area contributed by atoms with Crippen LogP contribution < -0.4 is 5.32 Å². The maximum absolute atomic E-state index is 11.6. The van der Waals surface area contributed by atoms with Crippen LogP contribution in [-0.4, -0.2) is 31.5 Å². The van der Waals surface area contributed by atoms with Gasteiger partial charge in [-0.2, -0.15) is 0 Å². The number of nitrogens with one attached hydrogen (secondary N) is 1. The van der Waals surface area contributed by atoms with Gasteiger partial charge in [0, 0.05) is 18.1 Å². The van der Waals surface area contributed by atoms with Gasteiger partial charge in [0.1, 0.15) is 0 Å². The predicted octanol–water partition coefficient (Wildman–Crippen LogP) is 2.15. The molecular formula is C16H20N2O2S. The number of hydrogen-bond acceptors (Lipinski definition) is 4. The van der Waals surface area contributed by atoms with Gasteiger partial charge in [-0.05, 0) is 36.9 Å². The van der Waals surface area contributed by atoms with Gasteiger partial charge in [0.2, 0.25) is 0 Å². The third kappa shape index (κ3) is 3.60. The molecule has 1 aromatic heterocycles. The highest BCUT2D eigenvalue weighted by molar-refractivity contribution is 7.91. The second-order valence-electron chi connectivity index (χ2n) is 5.75. The van der Waals surface area contributed by atoms with Gasteiger partial charge >= 0.3 is 0 Å². The van der Waals surface area contributed by atoms with E-state index in [4.69, 9.17) is 0 Å². The number of pyridine rings is 1. The summed E-state index contributed by atoms with van der Waals surface area (Å²) in [6, 6.07) is 10.2. The molecule has 0 aliphatic carbocycles. The average molecular weight is 304 g/mol. The normalized spacial score (nSPS) is 21.4. The Hall–Kier alpha value is -1.46. The smallest absolute Gasteiger partial charge is 0.150 e. The summed E-state index contributed by atoms with van der Waals surface area (Å²) < 4.78 is 23.3. The van der Waals surface area contributed by atoms with Crippen LogP contribution in [0, 0.1) is 5.92 Å². The zero-order valence-corrected chi connectivity index (χ0v) is 12.8. The van der Waals surface area contributed by atoms with Crippen LogP contribution in [-0.2, 0) is 16.4 Å². The number of fused-ring (bicyclic) bond motifs is 1. The minimum atomic E-state index is -2.81. The lowest BCUT2D eigenvalue weighted by atomic mass is 10.1. The highest BCUT2D eigenvalue weighted by Crippen LogP contribution is 2.19. The Kier molecular flexibility index (Phi) is 4.22. The van der Waals surface area contributed by atoms with Crippen LogP contribution in [0.5, 0.6) is 0 Å². The summed E-state index contributed by atoms with van der Waals surface area (Å²) in [6.45, 7) is 1.48. The number of nitrogens with zero attached hydrogens (tertiary/aromatic N) is 1. The largest absolute Gasteiger partial charge is 0.312 e. The molecule has 4 nitrogen and oxygen atoms in total. The van der Waals surface area contributed by atoms with Crippen LogP contribution in [0.2, 0.25) is 0 Å². The van der Waals surface area contributed by atoms with Crippen molar-refractivity contribution in [3.8, 4) is 0 Å². The van der Waals surface area contributed by atoms with Gasteiger partial charge < -0.3 is 5.32 Å². The number of para-hydroxylation sites is 1. The number of benzene rings is 1. The molecular weight excluding hydrogens is 284 g/mol. The first-order valence-corrected chi connectivity index (χ1v) is 9.20. The van der Waals surface area contributed by atoms with Gasteiger partial charge in [0.25, 0.3) is 0 Å². The number of aromatic nitrogens is 1. The van der Waals surface area contributed by atoms with Crippen molar-refractivity contribution in [2.45, 2.75) is 19.4 Å². The average Bonchev–Trinajstić information content (AvgIpc) is 2.46. The van der Waals surface area contributed by atoms with Crippen LogP contribution in [0.1, 0.15) is 18.4 Å². The number of sulfone groups is 1. The zero-order valence-electron chi connectivity index (χ0n) is 12.0. The Labute approximate surface area is 125 Å². The standard InChI is InChI=1S/C16H20N2O2S/c19-21(20)9-3-4-13(12-21)10-17-11-15-6-1-5-14-7-2-8-18-16(14)15/h1-2,5-8,13,17H,3-4,9-12H2/t13-/m0/s1. The molecule has 112 valence electrons. The number of rotatable bonds is 4. The minimum Gasteiger partial charge on any atom is -0.312 e. The maximum Gasteiger partial charge on any atom is 0.150 e. The van der Waals surface area contributed by atoms with Gasteiger partial charge in [-0.15, -0.1) is 0 Å². The molecule has 0 unspecified atom stereocenters. The monoisotopic (exact) mass is 304 g/mol. The van der Waals surface area contributed by atoms with Crippen LogP contribution in [0.3, 0.4) is 0 Å². The van der Waals surface area contributed by atoms with Crippen LogP contribution in [0.4, 0.5) is 0 Å². The van der Waals surface area contributed by atoms with E-state index < -0.39 is 9.84 Å². The molecule has 3 rings (SSSR count). The predicted molar refractivity (Wildman–Crippen MR) is 84.8 cm³/mol. The Morgan fingerprint density at radius 2 is 2.10 bits per heavy atom. The third-order valence-corrected chi connectivity index (χ3v) is 5.91. The van der Waals surface area contributed by atoms with Crippen molar-refractivity contribution in [2.75, 3.05) is 18.1 Å². The summed E-state index contributed by atoms with van der Waals surface area (Å²) in [5.74, 6) is 0.927. The van der Waals surface area contributed by atoms with E-state index in [9.17, 15) is 8.42 Å². The summed E-state index contributed by atoms with van der Waals surface area (Å²) in [5, 5.41) is 4.53. The summed E-state index contributed by atoms with van der Waals surface area (Å²) >= 11 is 0. The zero-order chi connectivity index (χ0) is 14.7. The highest BCUT2D eigenvalue weighted by Gasteiger charge is 2.24. The molecule has 0 amide bonds. The summed E-state index contributed by atoms with van der Waals surface area (Å²) in [5.41, 5.74) is 2.18. The quantitative estimate of drug-likeness (QED) is 0.940. The Balaban J connectivity index is 1.62. The third-order valence-electron chi connectivity index (χ3n) is 4.02. The maximum atomic E-state index is 11.6. The molecule has 21 heavy (non-hydrogen) atoms. The molecule has 1 saturated heterocycles. The molecule has 5 heteroatoms. The molecule has 1 fully saturated rings. The van der Waals surface area contributed by atoms with Crippen LogP contribution in [0.15, 0.2) is 36.5 Å². The van der Waals surface area contributed by atoms with Crippen molar-refractivity contribution in [3.63, 3.8) is 0 Å². The SMILES string of the molecule is O=S1(=O)CCC[C@@H](CNCc2cccc3cccnc23)C1. The van der Waals surface area contributed by atoms with E-state index in [1.807, 2.05) is 12.1 Å². The van der Waals surface area contributed by atoms with Gasteiger partial charge in [-0.25, -0.2) is 8.42 Å². The summed E-state index contributed by atoms with van der Waals surface area (Å²) in [6.07, 6.45) is 3.60. The molecule has 2 heterocycles. The van der Waals surface area contributed by atoms with Gasteiger partial charge in [-0.3, -0.25) is 4.98 Å². The summed E-state index contributed by atoms with van der Waals surface area (Å²) in [7, 11) is -2.81. The van der Waals surface area contributed by atoms with Gasteiger partial charge in [-0.1, -0.05) is 24.3 Å². The van der Waals surface area contributed by atoms with Crippen molar-refractivity contribution in [2.24, 2.45) is 5.92 Å². The molecule has 1 aliphatic heterocycles. The molecule has 0 saturated carbocycles. The van der Waals surface area contributed by atoms with Crippen LogP contribution >= 0.6 is 0 Å². The molecule has 1 aliphatic rings.